The molecule has 0 radical (unpaired) electrons. The van der Waals surface area contributed by atoms with E-state index < -0.39 is 11.6 Å². The lowest BCUT2D eigenvalue weighted by Gasteiger charge is -2.09. The van der Waals surface area contributed by atoms with Crippen molar-refractivity contribution in [3.63, 3.8) is 0 Å². The van der Waals surface area contributed by atoms with Crippen LogP contribution in [-0.2, 0) is 6.54 Å². The van der Waals surface area contributed by atoms with Gasteiger partial charge in [0.25, 0.3) is 0 Å². The van der Waals surface area contributed by atoms with E-state index in [1.165, 1.54) is 35.0 Å². The number of hydrogen-bond acceptors (Lipinski definition) is 2. The molecule has 1 N–H and O–H groups in total. The molecule has 1 nitrogen and oxygen atoms in total. The number of hydrogen-bond donors (Lipinski definition) is 1. The molecule has 0 saturated carbocycles. The highest BCUT2D eigenvalue weighted by molar-refractivity contribution is 7.99. The molecule has 0 aliphatic heterocycles. The average molecular weight is 293 g/mol. The first kappa shape index (κ1) is 15.0. The van der Waals surface area contributed by atoms with Gasteiger partial charge in [0.1, 0.15) is 11.6 Å². The van der Waals surface area contributed by atoms with Gasteiger partial charge in [0.2, 0.25) is 0 Å². The summed E-state index contributed by atoms with van der Waals surface area (Å²) in [4.78, 5) is 1.39. The van der Waals surface area contributed by atoms with Crippen molar-refractivity contribution in [3.8, 4) is 0 Å². The van der Waals surface area contributed by atoms with E-state index in [-0.39, 0.29) is 0 Å². The molecule has 0 aromatic heterocycles. The Morgan fingerprint density at radius 2 is 1.90 bits per heavy atom. The van der Waals surface area contributed by atoms with Gasteiger partial charge in [-0.2, -0.15) is 0 Å². The maximum absolute atomic E-state index is 13.6. The summed E-state index contributed by atoms with van der Waals surface area (Å²) in [5, 5.41) is 3.28. The van der Waals surface area contributed by atoms with Crippen LogP contribution in [-0.4, -0.2) is 6.54 Å². The fourth-order valence-electron chi connectivity index (χ4n) is 1.87. The Balaban J connectivity index is 2.15. The van der Waals surface area contributed by atoms with Crippen molar-refractivity contribution in [1.29, 1.82) is 0 Å². The van der Waals surface area contributed by atoms with Crippen molar-refractivity contribution in [1.82, 2.24) is 5.32 Å². The largest absolute Gasteiger partial charge is 0.313 e. The predicted molar refractivity (Wildman–Crippen MR) is 79.0 cm³/mol. The fourth-order valence-corrected chi connectivity index (χ4v) is 2.79. The van der Waals surface area contributed by atoms with Crippen LogP contribution in [0.15, 0.2) is 46.2 Å². The quantitative estimate of drug-likeness (QED) is 0.869. The minimum Gasteiger partial charge on any atom is -0.313 e. The molecule has 2 rings (SSSR count). The molecule has 0 saturated heterocycles. The average Bonchev–Trinajstić information content (AvgIpc) is 2.41. The van der Waals surface area contributed by atoms with Gasteiger partial charge in [0.15, 0.2) is 0 Å². The van der Waals surface area contributed by atoms with Crippen LogP contribution >= 0.6 is 11.8 Å². The molecule has 0 aliphatic carbocycles. The van der Waals surface area contributed by atoms with Crippen molar-refractivity contribution in [2.45, 2.75) is 30.2 Å². The third kappa shape index (κ3) is 3.81. The van der Waals surface area contributed by atoms with Crippen molar-refractivity contribution in [2.24, 2.45) is 0 Å². The van der Waals surface area contributed by atoms with Crippen LogP contribution in [0.25, 0.3) is 0 Å². The highest BCUT2D eigenvalue weighted by atomic mass is 32.2. The first-order chi connectivity index (χ1) is 9.60. The smallest absolute Gasteiger partial charge is 0.140 e. The molecule has 0 amide bonds. The van der Waals surface area contributed by atoms with Gasteiger partial charge in [0.05, 0.1) is 0 Å². The van der Waals surface area contributed by atoms with Gasteiger partial charge < -0.3 is 5.32 Å². The Morgan fingerprint density at radius 1 is 1.10 bits per heavy atom. The maximum Gasteiger partial charge on any atom is 0.140 e. The normalized spacial score (nSPS) is 10.8. The van der Waals surface area contributed by atoms with Crippen molar-refractivity contribution in [3.05, 3.63) is 59.2 Å². The number of aryl methyl sites for hydroxylation is 1. The first-order valence-electron chi connectivity index (χ1n) is 6.53. The van der Waals surface area contributed by atoms with Gasteiger partial charge in [-0.1, -0.05) is 24.8 Å². The van der Waals surface area contributed by atoms with E-state index in [9.17, 15) is 8.78 Å². The van der Waals surface area contributed by atoms with Crippen LogP contribution in [0, 0.1) is 18.6 Å². The molecule has 0 bridgehead atoms. The van der Waals surface area contributed by atoms with Crippen LogP contribution in [0.3, 0.4) is 0 Å². The number of benzene rings is 2. The Morgan fingerprint density at radius 3 is 2.55 bits per heavy atom. The lowest BCUT2D eigenvalue weighted by molar-refractivity contribution is 0.565. The van der Waals surface area contributed by atoms with E-state index in [1.54, 1.807) is 0 Å². The van der Waals surface area contributed by atoms with Gasteiger partial charge in [-0.05, 0) is 48.9 Å². The van der Waals surface area contributed by atoms with E-state index in [4.69, 9.17) is 0 Å². The summed E-state index contributed by atoms with van der Waals surface area (Å²) < 4.78 is 26.5. The van der Waals surface area contributed by atoms with Crippen molar-refractivity contribution >= 4 is 11.8 Å². The molecule has 0 atom stereocenters. The van der Waals surface area contributed by atoms with E-state index in [0.717, 1.165) is 24.1 Å². The molecule has 0 fully saturated rings. The van der Waals surface area contributed by atoms with Gasteiger partial charge in [-0.25, -0.2) is 8.78 Å². The number of rotatable bonds is 5. The van der Waals surface area contributed by atoms with Gasteiger partial charge in [-0.3, -0.25) is 0 Å². The zero-order chi connectivity index (χ0) is 14.5. The van der Waals surface area contributed by atoms with E-state index in [2.05, 4.69) is 12.2 Å². The second-order valence-electron chi connectivity index (χ2n) is 4.55. The summed E-state index contributed by atoms with van der Waals surface area (Å²) in [5.74, 6) is -1.08. The molecule has 0 heterocycles. The van der Waals surface area contributed by atoms with E-state index >= 15 is 0 Å². The fraction of sp³-hybridized carbons (Fsp3) is 0.250. The summed E-state index contributed by atoms with van der Waals surface area (Å²) in [7, 11) is 0. The van der Waals surface area contributed by atoms with Crippen molar-refractivity contribution < 1.29 is 8.78 Å². The zero-order valence-corrected chi connectivity index (χ0v) is 12.4. The zero-order valence-electron chi connectivity index (χ0n) is 11.5. The molecule has 2 aromatic rings. The Labute approximate surface area is 122 Å². The Hall–Kier alpha value is -1.39. The highest BCUT2D eigenvalue weighted by Gasteiger charge is 2.07. The lowest BCUT2D eigenvalue weighted by Crippen LogP contribution is -2.12. The minimum absolute atomic E-state index is 0.435. The monoisotopic (exact) mass is 293 g/mol. The summed E-state index contributed by atoms with van der Waals surface area (Å²) in [6.07, 6.45) is 0. The molecular formula is C16H17F2NS. The molecule has 4 heteroatoms. The van der Waals surface area contributed by atoms with Gasteiger partial charge in [0, 0.05) is 22.4 Å². The second kappa shape index (κ2) is 6.86. The van der Waals surface area contributed by atoms with Gasteiger partial charge in [-0.15, -0.1) is 0 Å². The molecule has 20 heavy (non-hydrogen) atoms. The van der Waals surface area contributed by atoms with Crippen LogP contribution < -0.4 is 5.32 Å². The van der Waals surface area contributed by atoms with Crippen molar-refractivity contribution in [2.75, 3.05) is 6.54 Å². The SMILES string of the molecule is CCNCc1ccc(Sc2ccc(F)cc2F)cc1C. The molecule has 0 aliphatic rings. The second-order valence-corrected chi connectivity index (χ2v) is 5.66. The van der Waals surface area contributed by atoms with Crippen LogP contribution in [0.1, 0.15) is 18.1 Å². The number of halogens is 2. The Kier molecular flexibility index (Phi) is 5.15. The minimum atomic E-state index is -0.552. The number of nitrogens with one attached hydrogen (secondary N) is 1. The topological polar surface area (TPSA) is 12.0 Å². The maximum atomic E-state index is 13.6. The molecule has 0 unspecified atom stereocenters. The van der Waals surface area contributed by atoms with E-state index in [0.29, 0.717) is 4.90 Å². The standard InChI is InChI=1S/C16H17F2NS/c1-3-19-10-12-4-6-14(8-11(12)2)20-16-7-5-13(17)9-15(16)18/h4-9,19H,3,10H2,1-2H3. The summed E-state index contributed by atoms with van der Waals surface area (Å²) >= 11 is 1.31. The third-order valence-electron chi connectivity index (χ3n) is 3.00. The van der Waals surface area contributed by atoms with Crippen LogP contribution in [0.2, 0.25) is 0 Å². The molecule has 106 valence electrons. The Bertz CT molecular complexity index is 599. The summed E-state index contributed by atoms with van der Waals surface area (Å²) in [5.41, 5.74) is 2.40. The molecular weight excluding hydrogens is 276 g/mol. The highest BCUT2D eigenvalue weighted by Crippen LogP contribution is 2.31. The molecule has 0 spiro atoms. The third-order valence-corrected chi connectivity index (χ3v) is 4.04. The van der Waals surface area contributed by atoms with Crippen LogP contribution in [0.4, 0.5) is 8.78 Å². The summed E-state index contributed by atoms with van der Waals surface area (Å²) in [6.45, 7) is 5.86. The van der Waals surface area contributed by atoms with Crippen LogP contribution in [0.5, 0.6) is 0 Å². The van der Waals surface area contributed by atoms with Gasteiger partial charge >= 0.3 is 0 Å². The van der Waals surface area contributed by atoms with E-state index in [1.807, 2.05) is 25.1 Å². The predicted octanol–water partition coefficient (Wildman–Crippen LogP) is 4.53. The summed E-state index contributed by atoms with van der Waals surface area (Å²) in [6, 6.07) is 9.69. The first-order valence-corrected chi connectivity index (χ1v) is 7.35. The lowest BCUT2D eigenvalue weighted by atomic mass is 10.1. The molecule has 2 aromatic carbocycles.